The first-order valence-electron chi connectivity index (χ1n) is 8.15. The number of aromatic nitrogens is 2. The van der Waals surface area contributed by atoms with Crippen LogP contribution in [0, 0.1) is 0 Å². The van der Waals surface area contributed by atoms with Crippen molar-refractivity contribution in [3.8, 4) is 0 Å². The summed E-state index contributed by atoms with van der Waals surface area (Å²) >= 11 is 2.81. The SMILES string of the molecule is CCCCCCSc1nn(C(=O)OCCC)c(=NC(=O)N(C)C)s1. The number of unbranched alkanes of at least 4 members (excludes halogenated alkanes) is 3. The Labute approximate surface area is 151 Å². The molecule has 0 fully saturated rings. The Morgan fingerprint density at radius 3 is 2.62 bits per heavy atom. The van der Waals surface area contributed by atoms with Crippen LogP contribution in [0.1, 0.15) is 46.0 Å². The predicted octanol–water partition coefficient (Wildman–Crippen LogP) is 3.59. The molecule has 0 radical (unpaired) electrons. The summed E-state index contributed by atoms with van der Waals surface area (Å²) in [6.07, 6.45) is 4.82. The van der Waals surface area contributed by atoms with Crippen LogP contribution < -0.4 is 4.80 Å². The van der Waals surface area contributed by atoms with Crippen molar-refractivity contribution >= 4 is 35.2 Å². The Morgan fingerprint density at radius 1 is 1.25 bits per heavy atom. The Morgan fingerprint density at radius 2 is 2.00 bits per heavy atom. The molecule has 1 heterocycles. The first-order chi connectivity index (χ1) is 11.5. The molecule has 0 saturated heterocycles. The fourth-order valence-corrected chi connectivity index (χ4v) is 3.61. The molecule has 2 amide bonds. The van der Waals surface area contributed by atoms with Gasteiger partial charge >= 0.3 is 12.1 Å². The molecule has 1 aromatic heterocycles. The summed E-state index contributed by atoms with van der Waals surface area (Å²) in [5.41, 5.74) is 0. The van der Waals surface area contributed by atoms with E-state index in [0.717, 1.165) is 23.3 Å². The molecule has 0 saturated carbocycles. The van der Waals surface area contributed by atoms with Gasteiger partial charge < -0.3 is 9.64 Å². The number of rotatable bonds is 8. The normalized spacial score (nSPS) is 11.6. The van der Waals surface area contributed by atoms with Crippen LogP contribution in [0.2, 0.25) is 0 Å². The van der Waals surface area contributed by atoms with E-state index in [-0.39, 0.29) is 4.80 Å². The van der Waals surface area contributed by atoms with Gasteiger partial charge in [0.1, 0.15) is 0 Å². The van der Waals surface area contributed by atoms with Crippen molar-refractivity contribution in [2.24, 2.45) is 4.99 Å². The number of carbonyl (C=O) groups excluding carboxylic acids is 2. The fourth-order valence-electron chi connectivity index (χ4n) is 1.63. The first-order valence-corrected chi connectivity index (χ1v) is 9.95. The van der Waals surface area contributed by atoms with Gasteiger partial charge in [0, 0.05) is 19.8 Å². The molecule has 0 atom stereocenters. The van der Waals surface area contributed by atoms with E-state index in [2.05, 4.69) is 17.0 Å². The van der Waals surface area contributed by atoms with E-state index >= 15 is 0 Å². The van der Waals surface area contributed by atoms with Gasteiger partial charge in [-0.25, -0.2) is 9.59 Å². The zero-order chi connectivity index (χ0) is 17.9. The van der Waals surface area contributed by atoms with Crippen molar-refractivity contribution in [1.29, 1.82) is 0 Å². The lowest BCUT2D eigenvalue weighted by Crippen LogP contribution is -2.29. The second kappa shape index (κ2) is 11.2. The third-order valence-corrected chi connectivity index (χ3v) is 5.07. The van der Waals surface area contributed by atoms with E-state index in [1.54, 1.807) is 25.9 Å². The molecule has 0 aromatic carbocycles. The maximum absolute atomic E-state index is 12.1. The summed E-state index contributed by atoms with van der Waals surface area (Å²) in [6, 6.07) is -0.435. The van der Waals surface area contributed by atoms with Crippen LogP contribution in [0.15, 0.2) is 9.33 Å². The smallest absolute Gasteiger partial charge is 0.437 e. The van der Waals surface area contributed by atoms with E-state index in [9.17, 15) is 9.59 Å². The maximum Gasteiger partial charge on any atom is 0.437 e. The number of nitrogens with zero attached hydrogens (tertiary/aromatic N) is 4. The topological polar surface area (TPSA) is 76.8 Å². The van der Waals surface area contributed by atoms with Crippen LogP contribution in [-0.4, -0.2) is 53.3 Å². The second-order valence-corrected chi connectivity index (χ2v) is 7.67. The van der Waals surface area contributed by atoms with Gasteiger partial charge in [-0.05, 0) is 12.8 Å². The minimum absolute atomic E-state index is 0.242. The van der Waals surface area contributed by atoms with Gasteiger partial charge in [0.15, 0.2) is 4.34 Å². The highest BCUT2D eigenvalue weighted by molar-refractivity contribution is 8.00. The number of hydrogen-bond donors (Lipinski definition) is 0. The van der Waals surface area contributed by atoms with E-state index in [1.807, 2.05) is 6.92 Å². The molecule has 1 rings (SSSR count). The summed E-state index contributed by atoms with van der Waals surface area (Å²) in [4.78, 5) is 29.4. The summed E-state index contributed by atoms with van der Waals surface area (Å²) in [5, 5.41) is 4.25. The molecule has 0 aliphatic carbocycles. The van der Waals surface area contributed by atoms with Crippen molar-refractivity contribution < 1.29 is 14.3 Å². The maximum atomic E-state index is 12.1. The van der Waals surface area contributed by atoms with Gasteiger partial charge in [-0.15, -0.1) is 9.78 Å². The highest BCUT2D eigenvalue weighted by atomic mass is 32.2. The average Bonchev–Trinajstić information content (AvgIpc) is 2.95. The summed E-state index contributed by atoms with van der Waals surface area (Å²) in [6.45, 7) is 4.40. The molecule has 0 unspecified atom stereocenters. The molecule has 7 nitrogen and oxygen atoms in total. The third kappa shape index (κ3) is 7.04. The number of amides is 2. The number of hydrogen-bond acceptors (Lipinski definition) is 6. The minimum Gasteiger partial charge on any atom is -0.448 e. The zero-order valence-corrected chi connectivity index (χ0v) is 16.4. The monoisotopic (exact) mass is 374 g/mol. The predicted molar refractivity (Wildman–Crippen MR) is 96.7 cm³/mol. The molecule has 0 aliphatic rings. The Bertz CT molecular complexity index is 596. The molecular weight excluding hydrogens is 348 g/mol. The Kier molecular flexibility index (Phi) is 9.70. The quantitative estimate of drug-likeness (QED) is 0.513. The molecule has 0 spiro atoms. The lowest BCUT2D eigenvalue weighted by Gasteiger charge is -2.04. The molecule has 0 aliphatic heterocycles. The van der Waals surface area contributed by atoms with Crippen LogP contribution in [-0.2, 0) is 4.74 Å². The third-order valence-electron chi connectivity index (χ3n) is 2.94. The van der Waals surface area contributed by atoms with Gasteiger partial charge in [-0.1, -0.05) is 56.2 Å². The molecule has 0 N–H and O–H groups in total. The van der Waals surface area contributed by atoms with Crippen LogP contribution in [0.4, 0.5) is 9.59 Å². The van der Waals surface area contributed by atoms with E-state index in [1.165, 1.54) is 35.5 Å². The zero-order valence-electron chi connectivity index (χ0n) is 14.8. The number of ether oxygens (including phenoxy) is 1. The van der Waals surface area contributed by atoms with Gasteiger partial charge in [0.25, 0.3) is 0 Å². The van der Waals surface area contributed by atoms with Gasteiger partial charge in [0.05, 0.1) is 6.61 Å². The lowest BCUT2D eigenvalue weighted by atomic mass is 10.2. The summed E-state index contributed by atoms with van der Waals surface area (Å²) in [5.74, 6) is 0.929. The molecule has 0 bridgehead atoms. The van der Waals surface area contributed by atoms with Gasteiger partial charge in [-0.2, -0.15) is 4.99 Å². The van der Waals surface area contributed by atoms with Gasteiger partial charge in [-0.3, -0.25) is 0 Å². The van der Waals surface area contributed by atoms with E-state index in [4.69, 9.17) is 4.74 Å². The lowest BCUT2D eigenvalue weighted by molar-refractivity contribution is 0.143. The molecule has 9 heteroatoms. The minimum atomic E-state index is -0.601. The van der Waals surface area contributed by atoms with Crippen LogP contribution in [0.3, 0.4) is 0 Å². The molecule has 24 heavy (non-hydrogen) atoms. The van der Waals surface area contributed by atoms with E-state index in [0.29, 0.717) is 10.9 Å². The van der Waals surface area contributed by atoms with E-state index < -0.39 is 12.1 Å². The van der Waals surface area contributed by atoms with Crippen molar-refractivity contribution in [3.63, 3.8) is 0 Å². The number of thioether (sulfide) groups is 1. The first kappa shape index (κ1) is 20.7. The number of urea groups is 1. The standard InChI is InChI=1S/C15H26N4O3S2/c1-5-7-8-9-11-23-14-17-19(15(21)22-10-6-2)13(24-14)16-12(20)18(3)4/h5-11H2,1-4H3. The largest absolute Gasteiger partial charge is 0.448 e. The summed E-state index contributed by atoms with van der Waals surface area (Å²) in [7, 11) is 3.21. The highest BCUT2D eigenvalue weighted by Gasteiger charge is 2.15. The van der Waals surface area contributed by atoms with Gasteiger partial charge in [0.2, 0.25) is 4.80 Å². The average molecular weight is 375 g/mol. The van der Waals surface area contributed by atoms with Crippen molar-refractivity contribution in [2.75, 3.05) is 26.5 Å². The molecule has 1 aromatic rings. The Hall–Kier alpha value is -1.35. The molecule has 136 valence electrons. The fraction of sp³-hybridized carbons (Fsp3) is 0.733. The van der Waals surface area contributed by atoms with Crippen LogP contribution in [0.25, 0.3) is 0 Å². The van der Waals surface area contributed by atoms with Crippen molar-refractivity contribution in [1.82, 2.24) is 14.7 Å². The summed E-state index contributed by atoms with van der Waals surface area (Å²) < 4.78 is 6.90. The highest BCUT2D eigenvalue weighted by Crippen LogP contribution is 2.20. The van der Waals surface area contributed by atoms with Crippen molar-refractivity contribution in [2.45, 2.75) is 50.3 Å². The molecular formula is C15H26N4O3S2. The van der Waals surface area contributed by atoms with Crippen LogP contribution in [0.5, 0.6) is 0 Å². The number of carbonyl (C=O) groups is 2. The van der Waals surface area contributed by atoms with Crippen LogP contribution >= 0.6 is 23.1 Å². The Balaban J connectivity index is 2.89. The second-order valence-electron chi connectivity index (χ2n) is 5.37. The van der Waals surface area contributed by atoms with Crippen molar-refractivity contribution in [3.05, 3.63) is 4.80 Å².